The molecule has 3 rings (SSSR count). The van der Waals surface area contributed by atoms with Crippen molar-refractivity contribution in [3.8, 4) is 0 Å². The standard InChI is InChI=1S/C17H19BrN2O4S2/c1-13-2-6-17(7-3-13)26(23,24)20-9-8-14-4-5-16(10-15(14)11-20)19-25(21,22)12-18/h2-7,10,19H,8-9,11-12H2,1H3. The van der Waals surface area contributed by atoms with Crippen molar-refractivity contribution in [3.63, 3.8) is 0 Å². The summed E-state index contributed by atoms with van der Waals surface area (Å²) in [5, 5.41) is 0. The lowest BCUT2D eigenvalue weighted by molar-refractivity contribution is 0.391. The molecule has 0 atom stereocenters. The van der Waals surface area contributed by atoms with Gasteiger partial charge in [-0.05, 0) is 48.7 Å². The van der Waals surface area contributed by atoms with E-state index in [1.54, 1.807) is 36.4 Å². The summed E-state index contributed by atoms with van der Waals surface area (Å²) >= 11 is 2.93. The molecule has 9 heteroatoms. The molecule has 0 radical (unpaired) electrons. The molecule has 2 aromatic rings. The van der Waals surface area contributed by atoms with Crippen LogP contribution in [0.15, 0.2) is 47.4 Å². The summed E-state index contributed by atoms with van der Waals surface area (Å²) in [4.78, 5) is 0.266. The second kappa shape index (κ2) is 7.30. The highest BCUT2D eigenvalue weighted by Crippen LogP contribution is 2.27. The Balaban J connectivity index is 1.87. The minimum absolute atomic E-state index is 0.203. The van der Waals surface area contributed by atoms with Gasteiger partial charge in [0.05, 0.1) is 4.90 Å². The number of fused-ring (bicyclic) bond motifs is 1. The maximum atomic E-state index is 12.9. The van der Waals surface area contributed by atoms with Crippen LogP contribution < -0.4 is 4.72 Å². The minimum atomic E-state index is -3.59. The van der Waals surface area contributed by atoms with Crippen LogP contribution in [-0.2, 0) is 33.0 Å². The summed E-state index contributed by atoms with van der Waals surface area (Å²) in [6.45, 7) is 2.52. The Hall–Kier alpha value is -1.42. The van der Waals surface area contributed by atoms with Crippen molar-refractivity contribution in [1.82, 2.24) is 4.31 Å². The highest BCUT2D eigenvalue weighted by molar-refractivity contribution is 9.10. The van der Waals surface area contributed by atoms with E-state index in [2.05, 4.69) is 20.7 Å². The van der Waals surface area contributed by atoms with Gasteiger partial charge in [-0.15, -0.1) is 0 Å². The first-order valence-corrected chi connectivity index (χ1v) is 12.2. The first kappa shape index (κ1) is 19.3. The molecule has 0 aromatic heterocycles. The van der Waals surface area contributed by atoms with Crippen LogP contribution in [-0.4, -0.2) is 32.3 Å². The molecule has 6 nitrogen and oxygen atoms in total. The Morgan fingerprint density at radius 3 is 2.38 bits per heavy atom. The van der Waals surface area contributed by atoms with Gasteiger partial charge in [0.15, 0.2) is 0 Å². The number of nitrogens with zero attached hydrogens (tertiary/aromatic N) is 1. The normalized spacial score (nSPS) is 15.5. The van der Waals surface area contributed by atoms with Crippen molar-refractivity contribution in [3.05, 3.63) is 59.2 Å². The second-order valence-electron chi connectivity index (χ2n) is 6.21. The van der Waals surface area contributed by atoms with Gasteiger partial charge in [0.2, 0.25) is 20.0 Å². The van der Waals surface area contributed by atoms with Crippen LogP contribution in [0, 0.1) is 6.92 Å². The van der Waals surface area contributed by atoms with Crippen LogP contribution in [0.3, 0.4) is 0 Å². The van der Waals surface area contributed by atoms with E-state index in [1.165, 1.54) is 4.31 Å². The fourth-order valence-electron chi connectivity index (χ4n) is 2.87. The lowest BCUT2D eigenvalue weighted by Crippen LogP contribution is -2.36. The Kier molecular flexibility index (Phi) is 5.43. The smallest absolute Gasteiger partial charge is 0.243 e. The summed E-state index contributed by atoms with van der Waals surface area (Å²) in [6.07, 6.45) is 0.589. The molecule has 1 aliphatic heterocycles. The summed E-state index contributed by atoms with van der Waals surface area (Å²) in [5.74, 6) is 0. The van der Waals surface area contributed by atoms with Gasteiger partial charge in [-0.1, -0.05) is 39.7 Å². The van der Waals surface area contributed by atoms with Crippen molar-refractivity contribution < 1.29 is 16.8 Å². The maximum absolute atomic E-state index is 12.9. The minimum Gasteiger partial charge on any atom is -0.283 e. The summed E-state index contributed by atoms with van der Waals surface area (Å²) < 4.78 is 52.9. The van der Waals surface area contributed by atoms with Crippen LogP contribution in [0.2, 0.25) is 0 Å². The van der Waals surface area contributed by atoms with Crippen molar-refractivity contribution in [1.29, 1.82) is 0 Å². The Labute approximate surface area is 162 Å². The topological polar surface area (TPSA) is 83.6 Å². The van der Waals surface area contributed by atoms with Crippen molar-refractivity contribution in [2.75, 3.05) is 15.9 Å². The zero-order valence-electron chi connectivity index (χ0n) is 14.1. The second-order valence-corrected chi connectivity index (χ2v) is 11.2. The molecule has 140 valence electrons. The van der Waals surface area contributed by atoms with E-state index in [-0.39, 0.29) is 16.1 Å². The van der Waals surface area contributed by atoms with Crippen LogP contribution in [0.5, 0.6) is 0 Å². The molecule has 1 N–H and O–H groups in total. The number of nitrogens with one attached hydrogen (secondary N) is 1. The summed E-state index contributed by atoms with van der Waals surface area (Å²) in [6, 6.07) is 12.0. The average molecular weight is 459 g/mol. The van der Waals surface area contributed by atoms with E-state index in [0.29, 0.717) is 18.7 Å². The maximum Gasteiger partial charge on any atom is 0.243 e. The van der Waals surface area contributed by atoms with E-state index in [0.717, 1.165) is 16.7 Å². The third-order valence-electron chi connectivity index (χ3n) is 4.26. The van der Waals surface area contributed by atoms with Crippen molar-refractivity contribution in [2.24, 2.45) is 0 Å². The Morgan fingerprint density at radius 2 is 1.73 bits per heavy atom. The van der Waals surface area contributed by atoms with Crippen molar-refractivity contribution in [2.45, 2.75) is 24.8 Å². The molecule has 0 saturated carbocycles. The molecule has 0 fully saturated rings. The number of alkyl halides is 1. The van der Waals surface area contributed by atoms with Gasteiger partial charge >= 0.3 is 0 Å². The number of anilines is 1. The van der Waals surface area contributed by atoms with Gasteiger partial charge in [0, 0.05) is 18.8 Å². The first-order valence-electron chi connectivity index (χ1n) is 7.96. The monoisotopic (exact) mass is 458 g/mol. The molecule has 0 amide bonds. The van der Waals surface area contributed by atoms with Gasteiger partial charge < -0.3 is 0 Å². The molecule has 0 spiro atoms. The number of rotatable bonds is 5. The first-order chi connectivity index (χ1) is 12.2. The molecule has 0 bridgehead atoms. The molecule has 0 unspecified atom stereocenters. The fourth-order valence-corrected chi connectivity index (χ4v) is 5.17. The summed E-state index contributed by atoms with van der Waals surface area (Å²) in [7, 11) is -7.04. The molecule has 0 saturated heterocycles. The average Bonchev–Trinajstić information content (AvgIpc) is 2.61. The number of hydrogen-bond donors (Lipinski definition) is 1. The molecular formula is C17H19BrN2O4S2. The predicted molar refractivity (Wildman–Crippen MR) is 105 cm³/mol. The van der Waals surface area contributed by atoms with Gasteiger partial charge in [-0.2, -0.15) is 4.31 Å². The molecular weight excluding hydrogens is 440 g/mol. The summed E-state index contributed by atoms with van der Waals surface area (Å²) in [5.41, 5.74) is 3.26. The van der Waals surface area contributed by atoms with Crippen LogP contribution in [0.25, 0.3) is 0 Å². The predicted octanol–water partition coefficient (Wildman–Crippen LogP) is 2.84. The highest BCUT2D eigenvalue weighted by atomic mass is 79.9. The van der Waals surface area contributed by atoms with Gasteiger partial charge in [-0.3, -0.25) is 4.72 Å². The number of hydrogen-bond acceptors (Lipinski definition) is 4. The van der Waals surface area contributed by atoms with E-state index >= 15 is 0 Å². The quantitative estimate of drug-likeness (QED) is 0.698. The Bertz CT molecular complexity index is 1020. The molecule has 1 aliphatic rings. The number of aryl methyl sites for hydroxylation is 1. The molecule has 2 aromatic carbocycles. The largest absolute Gasteiger partial charge is 0.283 e. The van der Waals surface area contributed by atoms with E-state index < -0.39 is 20.0 Å². The van der Waals surface area contributed by atoms with E-state index in [9.17, 15) is 16.8 Å². The lowest BCUT2D eigenvalue weighted by Gasteiger charge is -2.28. The van der Waals surface area contributed by atoms with Crippen molar-refractivity contribution >= 4 is 41.7 Å². The molecule has 26 heavy (non-hydrogen) atoms. The third-order valence-corrected chi connectivity index (χ3v) is 8.76. The van der Waals surface area contributed by atoms with Gasteiger partial charge in [0.25, 0.3) is 0 Å². The third kappa shape index (κ3) is 4.11. The van der Waals surface area contributed by atoms with Gasteiger partial charge in [0.1, 0.15) is 4.66 Å². The van der Waals surface area contributed by atoms with Crippen LogP contribution in [0.1, 0.15) is 16.7 Å². The molecule has 0 aliphatic carbocycles. The zero-order valence-corrected chi connectivity index (χ0v) is 17.4. The fraction of sp³-hybridized carbons (Fsp3) is 0.294. The van der Waals surface area contributed by atoms with E-state index in [1.807, 2.05) is 13.0 Å². The zero-order chi connectivity index (χ0) is 18.9. The van der Waals surface area contributed by atoms with Crippen LogP contribution >= 0.6 is 15.9 Å². The number of sulfonamides is 2. The van der Waals surface area contributed by atoms with Gasteiger partial charge in [-0.25, -0.2) is 16.8 Å². The van der Waals surface area contributed by atoms with Crippen LogP contribution in [0.4, 0.5) is 5.69 Å². The highest BCUT2D eigenvalue weighted by Gasteiger charge is 2.28. The van der Waals surface area contributed by atoms with E-state index in [4.69, 9.17) is 0 Å². The molecule has 1 heterocycles. The lowest BCUT2D eigenvalue weighted by atomic mass is 10.0. The number of benzene rings is 2. The Morgan fingerprint density at radius 1 is 1.04 bits per heavy atom. The number of halogens is 1. The SMILES string of the molecule is Cc1ccc(S(=O)(=O)N2CCc3ccc(NS(=O)(=O)CBr)cc3C2)cc1.